The number of benzene rings is 1. The van der Waals surface area contributed by atoms with Crippen molar-refractivity contribution in [2.75, 3.05) is 18.5 Å². The standard InChI is InChI=1S/C17H22N2O2/c1-4-20-16-9-8-14(11-17(16)21-5-2)19-12-15-13(3)7-6-10-18-15/h6-11,19H,4-5,12H2,1-3H3. The molecule has 21 heavy (non-hydrogen) atoms. The van der Waals surface area contributed by atoms with Gasteiger partial charge in [-0.1, -0.05) is 6.07 Å². The Kier molecular flexibility index (Phi) is 5.43. The highest BCUT2D eigenvalue weighted by Crippen LogP contribution is 2.30. The maximum Gasteiger partial charge on any atom is 0.163 e. The van der Waals surface area contributed by atoms with Gasteiger partial charge >= 0.3 is 0 Å². The maximum atomic E-state index is 5.63. The van der Waals surface area contributed by atoms with Crippen LogP contribution in [0.2, 0.25) is 0 Å². The van der Waals surface area contributed by atoms with Crippen molar-refractivity contribution in [1.82, 2.24) is 4.98 Å². The van der Waals surface area contributed by atoms with Gasteiger partial charge in [-0.3, -0.25) is 4.98 Å². The third kappa shape index (κ3) is 4.12. The van der Waals surface area contributed by atoms with Crippen LogP contribution in [0.25, 0.3) is 0 Å². The maximum absolute atomic E-state index is 5.63. The zero-order chi connectivity index (χ0) is 15.1. The molecule has 4 heteroatoms. The average molecular weight is 286 g/mol. The van der Waals surface area contributed by atoms with E-state index in [4.69, 9.17) is 9.47 Å². The number of aryl methyl sites for hydroxylation is 1. The lowest BCUT2D eigenvalue weighted by Crippen LogP contribution is -2.04. The number of nitrogens with one attached hydrogen (secondary N) is 1. The van der Waals surface area contributed by atoms with Crippen molar-refractivity contribution < 1.29 is 9.47 Å². The molecule has 0 saturated heterocycles. The number of aromatic nitrogens is 1. The highest BCUT2D eigenvalue weighted by atomic mass is 16.5. The molecule has 0 amide bonds. The summed E-state index contributed by atoms with van der Waals surface area (Å²) >= 11 is 0. The first kappa shape index (κ1) is 15.2. The number of ether oxygens (including phenoxy) is 2. The number of rotatable bonds is 7. The molecule has 0 atom stereocenters. The molecule has 0 bridgehead atoms. The van der Waals surface area contributed by atoms with E-state index in [1.54, 1.807) is 0 Å². The van der Waals surface area contributed by atoms with Crippen molar-refractivity contribution in [2.24, 2.45) is 0 Å². The lowest BCUT2D eigenvalue weighted by Gasteiger charge is -2.13. The Bertz CT molecular complexity index is 585. The average Bonchev–Trinajstić information content (AvgIpc) is 2.49. The van der Waals surface area contributed by atoms with Gasteiger partial charge in [0.05, 0.1) is 25.5 Å². The Labute approximate surface area is 126 Å². The van der Waals surface area contributed by atoms with Crippen molar-refractivity contribution in [3.05, 3.63) is 47.8 Å². The van der Waals surface area contributed by atoms with Gasteiger partial charge in [0.1, 0.15) is 0 Å². The summed E-state index contributed by atoms with van der Waals surface area (Å²) in [5.41, 5.74) is 3.22. The van der Waals surface area contributed by atoms with Gasteiger partial charge in [-0.25, -0.2) is 0 Å². The molecule has 4 nitrogen and oxygen atoms in total. The van der Waals surface area contributed by atoms with Crippen molar-refractivity contribution in [3.8, 4) is 11.5 Å². The number of hydrogen-bond donors (Lipinski definition) is 1. The van der Waals surface area contributed by atoms with E-state index in [0.717, 1.165) is 22.9 Å². The number of hydrogen-bond acceptors (Lipinski definition) is 4. The first-order chi connectivity index (χ1) is 10.2. The van der Waals surface area contributed by atoms with Gasteiger partial charge in [0.2, 0.25) is 0 Å². The fourth-order valence-corrected chi connectivity index (χ4v) is 2.05. The molecule has 0 radical (unpaired) electrons. The summed E-state index contributed by atoms with van der Waals surface area (Å²) in [6.07, 6.45) is 1.81. The van der Waals surface area contributed by atoms with E-state index in [9.17, 15) is 0 Å². The predicted molar refractivity (Wildman–Crippen MR) is 85.1 cm³/mol. The molecule has 0 saturated carbocycles. The van der Waals surface area contributed by atoms with Crippen LogP contribution in [0.5, 0.6) is 11.5 Å². The van der Waals surface area contributed by atoms with E-state index in [1.165, 1.54) is 5.56 Å². The molecular weight excluding hydrogens is 264 g/mol. The summed E-state index contributed by atoms with van der Waals surface area (Å²) in [4.78, 5) is 4.38. The van der Waals surface area contributed by atoms with Crippen LogP contribution in [0, 0.1) is 6.92 Å². The first-order valence-corrected chi connectivity index (χ1v) is 7.28. The molecule has 1 aromatic carbocycles. The molecule has 1 aromatic heterocycles. The Morgan fingerprint density at radius 3 is 2.52 bits per heavy atom. The third-order valence-electron chi connectivity index (χ3n) is 3.12. The minimum Gasteiger partial charge on any atom is -0.490 e. The fraction of sp³-hybridized carbons (Fsp3) is 0.353. The minimum absolute atomic E-state index is 0.614. The van der Waals surface area contributed by atoms with E-state index in [2.05, 4.69) is 23.3 Å². The molecule has 0 spiro atoms. The molecule has 2 rings (SSSR count). The van der Waals surface area contributed by atoms with Crippen molar-refractivity contribution in [3.63, 3.8) is 0 Å². The summed E-state index contributed by atoms with van der Waals surface area (Å²) < 4.78 is 11.2. The molecule has 0 fully saturated rings. The van der Waals surface area contributed by atoms with Crippen molar-refractivity contribution >= 4 is 5.69 Å². The van der Waals surface area contributed by atoms with E-state index in [0.29, 0.717) is 19.8 Å². The molecule has 0 aliphatic heterocycles. The summed E-state index contributed by atoms with van der Waals surface area (Å²) in [6.45, 7) is 7.92. The quantitative estimate of drug-likeness (QED) is 0.840. The van der Waals surface area contributed by atoms with Crippen molar-refractivity contribution in [2.45, 2.75) is 27.3 Å². The monoisotopic (exact) mass is 286 g/mol. The molecule has 2 aromatic rings. The van der Waals surface area contributed by atoms with Crippen LogP contribution in [0.15, 0.2) is 36.5 Å². The summed E-state index contributed by atoms with van der Waals surface area (Å²) in [5, 5.41) is 3.37. The van der Waals surface area contributed by atoms with Gasteiger partial charge in [0.25, 0.3) is 0 Å². The summed E-state index contributed by atoms with van der Waals surface area (Å²) in [7, 11) is 0. The predicted octanol–water partition coefficient (Wildman–Crippen LogP) is 3.80. The molecule has 112 valence electrons. The van der Waals surface area contributed by atoms with Crippen LogP contribution in [0.4, 0.5) is 5.69 Å². The highest BCUT2D eigenvalue weighted by molar-refractivity contribution is 5.55. The molecule has 0 aliphatic carbocycles. The minimum atomic E-state index is 0.614. The Morgan fingerprint density at radius 1 is 1.05 bits per heavy atom. The summed E-state index contributed by atoms with van der Waals surface area (Å²) in [5.74, 6) is 1.54. The van der Waals surface area contributed by atoms with Crippen LogP contribution in [-0.4, -0.2) is 18.2 Å². The van der Waals surface area contributed by atoms with Crippen LogP contribution >= 0.6 is 0 Å². The molecule has 1 N–H and O–H groups in total. The van der Waals surface area contributed by atoms with Crippen LogP contribution in [-0.2, 0) is 6.54 Å². The van der Waals surface area contributed by atoms with Crippen LogP contribution < -0.4 is 14.8 Å². The van der Waals surface area contributed by atoms with E-state index in [-0.39, 0.29) is 0 Å². The number of pyridine rings is 1. The Hall–Kier alpha value is -2.23. The van der Waals surface area contributed by atoms with Gasteiger partial charge in [-0.05, 0) is 44.5 Å². The van der Waals surface area contributed by atoms with Gasteiger partial charge in [-0.15, -0.1) is 0 Å². The fourth-order valence-electron chi connectivity index (χ4n) is 2.05. The van der Waals surface area contributed by atoms with Gasteiger partial charge in [-0.2, -0.15) is 0 Å². The first-order valence-electron chi connectivity index (χ1n) is 7.28. The second-order valence-electron chi connectivity index (χ2n) is 4.65. The lowest BCUT2D eigenvalue weighted by atomic mass is 10.2. The lowest BCUT2D eigenvalue weighted by molar-refractivity contribution is 0.288. The van der Waals surface area contributed by atoms with Gasteiger partial charge in [0, 0.05) is 18.0 Å². The van der Waals surface area contributed by atoms with Gasteiger partial charge < -0.3 is 14.8 Å². The van der Waals surface area contributed by atoms with E-state index >= 15 is 0 Å². The molecular formula is C17H22N2O2. The zero-order valence-electron chi connectivity index (χ0n) is 12.8. The van der Waals surface area contributed by atoms with Crippen LogP contribution in [0.3, 0.4) is 0 Å². The highest BCUT2D eigenvalue weighted by Gasteiger charge is 2.06. The number of nitrogens with zero attached hydrogens (tertiary/aromatic N) is 1. The normalized spacial score (nSPS) is 10.2. The summed E-state index contributed by atoms with van der Waals surface area (Å²) in [6, 6.07) is 9.90. The third-order valence-corrected chi connectivity index (χ3v) is 3.12. The van der Waals surface area contributed by atoms with E-state index in [1.807, 2.05) is 44.3 Å². The second kappa shape index (κ2) is 7.53. The zero-order valence-corrected chi connectivity index (χ0v) is 12.8. The second-order valence-corrected chi connectivity index (χ2v) is 4.65. The molecule has 0 unspecified atom stereocenters. The van der Waals surface area contributed by atoms with E-state index < -0.39 is 0 Å². The number of anilines is 1. The van der Waals surface area contributed by atoms with Crippen molar-refractivity contribution in [1.29, 1.82) is 0 Å². The smallest absolute Gasteiger partial charge is 0.163 e. The SMILES string of the molecule is CCOc1ccc(NCc2ncccc2C)cc1OCC. The molecule has 0 aliphatic rings. The molecule has 1 heterocycles. The largest absolute Gasteiger partial charge is 0.490 e. The van der Waals surface area contributed by atoms with Crippen LogP contribution in [0.1, 0.15) is 25.1 Å². The Balaban J connectivity index is 2.10. The topological polar surface area (TPSA) is 43.4 Å². The van der Waals surface area contributed by atoms with Gasteiger partial charge in [0.15, 0.2) is 11.5 Å². The Morgan fingerprint density at radius 2 is 1.81 bits per heavy atom.